The first-order chi connectivity index (χ1) is 17.8. The highest BCUT2D eigenvalue weighted by Gasteiger charge is 2.52. The third-order valence-electron chi connectivity index (χ3n) is 7.93. The van der Waals surface area contributed by atoms with Crippen LogP contribution in [0.1, 0.15) is 111 Å². The number of rotatable bonds is 10. The lowest BCUT2D eigenvalue weighted by atomic mass is 9.89. The van der Waals surface area contributed by atoms with E-state index in [1.165, 1.54) is 50.3 Å². The van der Waals surface area contributed by atoms with Gasteiger partial charge in [0.05, 0.1) is 12.1 Å². The third-order valence-corrected chi connectivity index (χ3v) is 8.89. The Bertz CT molecular complexity index is 799. The normalized spacial score (nSPS) is 33.9. The molecular weight excluding hydrogens is 486 g/mol. The molecule has 3 aliphatic rings. The second kappa shape index (κ2) is 15.3. The van der Waals surface area contributed by atoms with Crippen LogP contribution < -0.4 is 0 Å². The monoisotopic (exact) mass is 535 g/mol. The summed E-state index contributed by atoms with van der Waals surface area (Å²) in [7, 11) is 0. The standard InChI is InChI=1S/C30H49NO5S/c1-4-5-6-7-8-9-10-13-18-31-27(22-37-29(31)33)30(34)21-26-20-25(36-30)17-16-23(2)14-11-12-15-24(3)19-28(32)35-26/h11,14,19,23,25-27,34H,4-10,12-13,15-18,20-22H2,1-3H3/b14-11-,24-19-/t23-,25-,26-,27+,30-/m1/s1. The number of hydrogen-bond donors (Lipinski definition) is 1. The van der Waals surface area contributed by atoms with Gasteiger partial charge in [0, 0.05) is 31.2 Å². The number of hydrogen-bond acceptors (Lipinski definition) is 6. The molecule has 2 saturated heterocycles. The third kappa shape index (κ3) is 9.74. The number of nitrogens with zero attached hydrogens (tertiary/aromatic N) is 1. The topological polar surface area (TPSA) is 76.1 Å². The van der Waals surface area contributed by atoms with E-state index >= 15 is 0 Å². The van der Waals surface area contributed by atoms with Gasteiger partial charge in [0.1, 0.15) is 6.10 Å². The molecule has 6 nitrogen and oxygen atoms in total. The number of carbonyl (C=O) groups is 2. The van der Waals surface area contributed by atoms with Crippen molar-refractivity contribution >= 4 is 23.0 Å². The fourth-order valence-corrected chi connectivity index (χ4v) is 6.84. The minimum Gasteiger partial charge on any atom is -0.459 e. The highest BCUT2D eigenvalue weighted by molar-refractivity contribution is 8.13. The van der Waals surface area contributed by atoms with Gasteiger partial charge in [-0.2, -0.15) is 0 Å². The fraction of sp³-hybridized carbons (Fsp3) is 0.800. The Labute approximate surface area is 228 Å². The average Bonchev–Trinajstić information content (AvgIpc) is 3.22. The number of ether oxygens (including phenoxy) is 2. The molecule has 37 heavy (non-hydrogen) atoms. The molecular formula is C30H49NO5S. The summed E-state index contributed by atoms with van der Waals surface area (Å²) in [6, 6.07) is -0.424. The molecule has 3 aliphatic heterocycles. The SMILES string of the molecule is CCCCCCCCCCN1C(=O)SC[C@H]1[C@@]1(O)C[C@H]2C[C@@H](CC[C@H](C)/C=C\CC/C(C)=C\C(=O)O2)O1. The Hall–Kier alpha value is -1.31. The van der Waals surface area contributed by atoms with Crippen LogP contribution in [-0.2, 0) is 14.3 Å². The predicted octanol–water partition coefficient (Wildman–Crippen LogP) is 7.16. The summed E-state index contributed by atoms with van der Waals surface area (Å²) in [4.78, 5) is 27.2. The van der Waals surface area contributed by atoms with Crippen molar-refractivity contribution in [2.45, 2.75) is 135 Å². The number of carbonyl (C=O) groups excluding carboxylic acids is 2. The zero-order valence-electron chi connectivity index (χ0n) is 23.3. The van der Waals surface area contributed by atoms with Crippen molar-refractivity contribution in [2.24, 2.45) is 5.92 Å². The van der Waals surface area contributed by atoms with E-state index in [9.17, 15) is 14.7 Å². The minimum atomic E-state index is -1.51. The molecule has 2 fully saturated rings. The van der Waals surface area contributed by atoms with E-state index in [-0.39, 0.29) is 23.7 Å². The van der Waals surface area contributed by atoms with Crippen LogP contribution in [0.2, 0.25) is 0 Å². The lowest BCUT2D eigenvalue weighted by Gasteiger charge is -2.46. The maximum Gasteiger partial charge on any atom is 0.330 e. The molecule has 3 rings (SSSR count). The molecule has 3 heterocycles. The molecule has 2 bridgehead atoms. The van der Waals surface area contributed by atoms with Crippen LogP contribution in [-0.4, -0.2) is 57.5 Å². The van der Waals surface area contributed by atoms with E-state index in [4.69, 9.17) is 9.47 Å². The van der Waals surface area contributed by atoms with Gasteiger partial charge in [0.2, 0.25) is 0 Å². The Morgan fingerprint density at radius 1 is 1.08 bits per heavy atom. The second-order valence-electron chi connectivity index (χ2n) is 11.4. The Morgan fingerprint density at radius 2 is 1.81 bits per heavy atom. The smallest absolute Gasteiger partial charge is 0.330 e. The van der Waals surface area contributed by atoms with Crippen molar-refractivity contribution in [1.82, 2.24) is 4.90 Å². The van der Waals surface area contributed by atoms with Crippen LogP contribution in [0.4, 0.5) is 4.79 Å². The number of amides is 1. The van der Waals surface area contributed by atoms with Gasteiger partial charge < -0.3 is 19.5 Å². The van der Waals surface area contributed by atoms with E-state index in [0.717, 1.165) is 44.1 Å². The Kier molecular flexibility index (Phi) is 12.5. The van der Waals surface area contributed by atoms with Gasteiger partial charge in [0.15, 0.2) is 5.79 Å². The largest absolute Gasteiger partial charge is 0.459 e. The molecule has 7 heteroatoms. The highest BCUT2D eigenvalue weighted by Crippen LogP contribution is 2.40. The first-order valence-corrected chi connectivity index (χ1v) is 15.7. The van der Waals surface area contributed by atoms with Gasteiger partial charge in [-0.25, -0.2) is 4.79 Å². The molecule has 0 radical (unpaired) electrons. The van der Waals surface area contributed by atoms with Gasteiger partial charge in [-0.15, -0.1) is 0 Å². The first-order valence-electron chi connectivity index (χ1n) is 14.7. The van der Waals surface area contributed by atoms with Gasteiger partial charge >= 0.3 is 5.97 Å². The van der Waals surface area contributed by atoms with Gasteiger partial charge in [-0.3, -0.25) is 4.79 Å². The number of unbranched alkanes of at least 4 members (excludes halogenated alkanes) is 7. The molecule has 5 atom stereocenters. The Balaban J connectivity index is 1.65. The minimum absolute atomic E-state index is 0.0140. The summed E-state index contributed by atoms with van der Waals surface area (Å²) < 4.78 is 12.2. The van der Waals surface area contributed by atoms with Crippen LogP contribution in [0.15, 0.2) is 23.8 Å². The maximum atomic E-state index is 12.8. The second-order valence-corrected chi connectivity index (χ2v) is 12.3. The van der Waals surface area contributed by atoms with E-state index < -0.39 is 17.9 Å². The van der Waals surface area contributed by atoms with E-state index in [2.05, 4.69) is 26.0 Å². The summed E-state index contributed by atoms with van der Waals surface area (Å²) in [6.07, 6.45) is 19.2. The molecule has 0 aromatic rings. The zero-order valence-corrected chi connectivity index (χ0v) is 24.1. The van der Waals surface area contributed by atoms with Gasteiger partial charge in [-0.1, -0.05) is 88.3 Å². The number of thioether (sulfide) groups is 1. The van der Waals surface area contributed by atoms with E-state index in [1.807, 2.05) is 11.8 Å². The van der Waals surface area contributed by atoms with Crippen molar-refractivity contribution in [3.63, 3.8) is 0 Å². The first kappa shape index (κ1) is 30.2. The van der Waals surface area contributed by atoms with Crippen molar-refractivity contribution in [1.29, 1.82) is 0 Å². The summed E-state index contributed by atoms with van der Waals surface area (Å²) in [5.74, 6) is -0.957. The lowest BCUT2D eigenvalue weighted by molar-refractivity contribution is -0.293. The number of esters is 1. The maximum absolute atomic E-state index is 12.8. The van der Waals surface area contributed by atoms with Crippen molar-refractivity contribution in [3.8, 4) is 0 Å². The van der Waals surface area contributed by atoms with Crippen LogP contribution in [0, 0.1) is 5.92 Å². The average molecular weight is 536 g/mol. The molecule has 0 aliphatic carbocycles. The van der Waals surface area contributed by atoms with Gasteiger partial charge in [0.25, 0.3) is 5.24 Å². The molecule has 0 spiro atoms. The summed E-state index contributed by atoms with van der Waals surface area (Å²) >= 11 is 1.26. The van der Waals surface area contributed by atoms with Crippen LogP contribution in [0.3, 0.4) is 0 Å². The molecule has 0 unspecified atom stereocenters. The Morgan fingerprint density at radius 3 is 2.57 bits per heavy atom. The summed E-state index contributed by atoms with van der Waals surface area (Å²) in [6.45, 7) is 7.03. The van der Waals surface area contributed by atoms with Crippen molar-refractivity contribution < 1.29 is 24.2 Å². The van der Waals surface area contributed by atoms with E-state index in [0.29, 0.717) is 24.6 Å². The molecule has 0 aromatic carbocycles. The lowest BCUT2D eigenvalue weighted by Crippen LogP contribution is -2.59. The quantitative estimate of drug-likeness (QED) is 0.182. The molecule has 1 N–H and O–H groups in total. The van der Waals surface area contributed by atoms with Crippen LogP contribution in [0.5, 0.6) is 0 Å². The molecule has 210 valence electrons. The molecule has 0 aromatic heterocycles. The number of fused-ring (bicyclic) bond motifs is 2. The zero-order chi connectivity index (χ0) is 26.7. The highest BCUT2D eigenvalue weighted by atomic mass is 32.2. The summed E-state index contributed by atoms with van der Waals surface area (Å²) in [5, 5.41) is 11.9. The fourth-order valence-electron chi connectivity index (χ4n) is 5.71. The molecule has 0 saturated carbocycles. The molecule has 1 amide bonds. The van der Waals surface area contributed by atoms with Crippen molar-refractivity contribution in [3.05, 3.63) is 23.8 Å². The van der Waals surface area contributed by atoms with Crippen LogP contribution >= 0.6 is 11.8 Å². The van der Waals surface area contributed by atoms with Crippen LogP contribution in [0.25, 0.3) is 0 Å². The van der Waals surface area contributed by atoms with E-state index in [1.54, 1.807) is 6.08 Å². The van der Waals surface area contributed by atoms with Gasteiger partial charge in [-0.05, 0) is 44.9 Å². The number of allylic oxidation sites excluding steroid dienone is 3. The predicted molar refractivity (Wildman–Crippen MR) is 150 cm³/mol. The van der Waals surface area contributed by atoms with Crippen molar-refractivity contribution in [2.75, 3.05) is 12.3 Å². The number of aliphatic hydroxyl groups is 1. The summed E-state index contributed by atoms with van der Waals surface area (Å²) in [5.41, 5.74) is 0.993.